The monoisotopic (exact) mass is 264 g/mol. The van der Waals surface area contributed by atoms with Crippen molar-refractivity contribution in [3.05, 3.63) is 30.2 Å². The molecule has 0 amide bonds. The molecule has 0 aliphatic carbocycles. The van der Waals surface area contributed by atoms with Crippen molar-refractivity contribution >= 4 is 11.8 Å². The first-order valence-electron chi connectivity index (χ1n) is 5.84. The minimum absolute atomic E-state index is 0.346. The lowest BCUT2D eigenvalue weighted by Gasteiger charge is -1.98. The third kappa shape index (κ3) is 3.34. The van der Waals surface area contributed by atoms with Crippen LogP contribution in [0.1, 0.15) is 19.2 Å². The van der Waals surface area contributed by atoms with Crippen molar-refractivity contribution in [2.45, 2.75) is 30.8 Å². The molecular weight excluding hydrogens is 248 g/mol. The van der Waals surface area contributed by atoms with Gasteiger partial charge >= 0.3 is 0 Å². The molecule has 1 unspecified atom stereocenters. The summed E-state index contributed by atoms with van der Waals surface area (Å²) in [6.45, 7) is 1.75. The number of aliphatic hydroxyl groups is 1. The Balaban J connectivity index is 2.08. The zero-order valence-corrected chi connectivity index (χ0v) is 11.3. The van der Waals surface area contributed by atoms with Gasteiger partial charge in [0.15, 0.2) is 0 Å². The summed E-state index contributed by atoms with van der Waals surface area (Å²) >= 11 is 1.70. The molecule has 0 aliphatic heterocycles. The highest BCUT2D eigenvalue weighted by Gasteiger charge is 2.09. The van der Waals surface area contributed by atoms with Gasteiger partial charge in [-0.1, -0.05) is 5.16 Å². The molecular formula is C13H16N2O2S. The highest BCUT2D eigenvalue weighted by atomic mass is 32.2. The Labute approximate surface area is 110 Å². The number of hydrogen-bond donors (Lipinski definition) is 1. The topological polar surface area (TPSA) is 59.2 Å². The molecule has 2 rings (SSSR count). The smallest absolute Gasteiger partial charge is 0.227 e. The summed E-state index contributed by atoms with van der Waals surface area (Å²) in [6, 6.07) is 8.03. The van der Waals surface area contributed by atoms with Crippen LogP contribution >= 0.6 is 11.8 Å². The van der Waals surface area contributed by atoms with Gasteiger partial charge in [0.2, 0.25) is 11.7 Å². The molecule has 4 nitrogen and oxygen atoms in total. The number of rotatable bonds is 5. The maximum atomic E-state index is 9.20. The number of aromatic nitrogens is 2. The number of hydrogen-bond acceptors (Lipinski definition) is 5. The fourth-order valence-corrected chi connectivity index (χ4v) is 1.95. The SMILES string of the molecule is CSc1ccc(-c2noc(CCC(C)O)n2)cc1. The van der Waals surface area contributed by atoms with Crippen LogP contribution in [0.2, 0.25) is 0 Å². The van der Waals surface area contributed by atoms with Gasteiger partial charge in [-0.3, -0.25) is 0 Å². The van der Waals surface area contributed by atoms with E-state index in [9.17, 15) is 5.11 Å². The Kier molecular flexibility index (Phi) is 4.38. The molecule has 0 aliphatic rings. The lowest BCUT2D eigenvalue weighted by molar-refractivity contribution is 0.180. The van der Waals surface area contributed by atoms with E-state index in [0.29, 0.717) is 24.6 Å². The van der Waals surface area contributed by atoms with Gasteiger partial charge < -0.3 is 9.63 Å². The van der Waals surface area contributed by atoms with Crippen LogP contribution in [-0.4, -0.2) is 27.6 Å². The third-order valence-corrected chi connectivity index (χ3v) is 3.34. The molecule has 1 N–H and O–H groups in total. The molecule has 5 heteroatoms. The highest BCUT2D eigenvalue weighted by molar-refractivity contribution is 7.98. The predicted molar refractivity (Wildman–Crippen MR) is 71.5 cm³/mol. The van der Waals surface area contributed by atoms with Crippen molar-refractivity contribution in [3.8, 4) is 11.4 Å². The fraction of sp³-hybridized carbons (Fsp3) is 0.385. The minimum Gasteiger partial charge on any atom is -0.393 e. The number of nitrogens with zero attached hydrogens (tertiary/aromatic N) is 2. The van der Waals surface area contributed by atoms with E-state index in [-0.39, 0.29) is 6.10 Å². The van der Waals surface area contributed by atoms with Crippen molar-refractivity contribution < 1.29 is 9.63 Å². The van der Waals surface area contributed by atoms with Gasteiger partial charge in [-0.2, -0.15) is 4.98 Å². The maximum Gasteiger partial charge on any atom is 0.227 e. The van der Waals surface area contributed by atoms with E-state index in [1.807, 2.05) is 30.5 Å². The van der Waals surface area contributed by atoms with Gasteiger partial charge in [-0.15, -0.1) is 11.8 Å². The summed E-state index contributed by atoms with van der Waals surface area (Å²) in [5.74, 6) is 1.17. The number of aryl methyl sites for hydroxylation is 1. The highest BCUT2D eigenvalue weighted by Crippen LogP contribution is 2.21. The van der Waals surface area contributed by atoms with Crippen LogP contribution in [0.5, 0.6) is 0 Å². The molecule has 0 radical (unpaired) electrons. The zero-order valence-electron chi connectivity index (χ0n) is 10.5. The molecule has 2 aromatic rings. The molecule has 96 valence electrons. The molecule has 0 bridgehead atoms. The second-order valence-corrected chi connectivity index (χ2v) is 5.01. The molecule has 0 saturated heterocycles. The Morgan fingerprint density at radius 1 is 1.33 bits per heavy atom. The van der Waals surface area contributed by atoms with Crippen molar-refractivity contribution in [3.63, 3.8) is 0 Å². The first kappa shape index (κ1) is 13.1. The van der Waals surface area contributed by atoms with Crippen LogP contribution in [0.3, 0.4) is 0 Å². The molecule has 1 heterocycles. The summed E-state index contributed by atoms with van der Waals surface area (Å²) in [5, 5.41) is 13.1. The van der Waals surface area contributed by atoms with Crippen molar-refractivity contribution in [2.75, 3.05) is 6.26 Å². The average Bonchev–Trinajstić information content (AvgIpc) is 2.85. The third-order valence-electron chi connectivity index (χ3n) is 2.59. The molecule has 1 atom stereocenters. The molecule has 0 saturated carbocycles. The van der Waals surface area contributed by atoms with E-state index in [0.717, 1.165) is 5.56 Å². The van der Waals surface area contributed by atoms with Crippen LogP contribution in [-0.2, 0) is 6.42 Å². The van der Waals surface area contributed by atoms with E-state index in [1.165, 1.54) is 4.90 Å². The van der Waals surface area contributed by atoms with Gasteiger partial charge in [0.25, 0.3) is 0 Å². The second kappa shape index (κ2) is 6.02. The predicted octanol–water partition coefficient (Wildman–Crippen LogP) is 2.77. The summed E-state index contributed by atoms with van der Waals surface area (Å²) in [6.07, 6.45) is 2.93. The number of thioether (sulfide) groups is 1. The standard InChI is InChI=1S/C13H16N2O2S/c1-9(16)3-8-12-14-13(15-17-12)10-4-6-11(18-2)7-5-10/h4-7,9,16H,3,8H2,1-2H3. The molecule has 0 spiro atoms. The van der Waals surface area contributed by atoms with Gasteiger partial charge in [0, 0.05) is 16.9 Å². The zero-order chi connectivity index (χ0) is 13.0. The van der Waals surface area contributed by atoms with E-state index in [1.54, 1.807) is 18.7 Å². The average molecular weight is 264 g/mol. The first-order valence-corrected chi connectivity index (χ1v) is 7.06. The lowest BCUT2D eigenvalue weighted by Crippen LogP contribution is -2.01. The Bertz CT molecular complexity index is 494. The van der Waals surface area contributed by atoms with Crippen LogP contribution < -0.4 is 0 Å². The minimum atomic E-state index is -0.346. The summed E-state index contributed by atoms with van der Waals surface area (Å²) in [7, 11) is 0. The first-order chi connectivity index (χ1) is 8.69. The van der Waals surface area contributed by atoms with Crippen molar-refractivity contribution in [1.82, 2.24) is 10.1 Å². The van der Waals surface area contributed by atoms with Crippen molar-refractivity contribution in [1.29, 1.82) is 0 Å². The fourth-order valence-electron chi connectivity index (χ4n) is 1.55. The largest absolute Gasteiger partial charge is 0.393 e. The Morgan fingerprint density at radius 3 is 2.67 bits per heavy atom. The van der Waals surface area contributed by atoms with E-state index >= 15 is 0 Å². The summed E-state index contributed by atoms with van der Waals surface area (Å²) in [4.78, 5) is 5.52. The summed E-state index contributed by atoms with van der Waals surface area (Å²) < 4.78 is 5.15. The van der Waals surface area contributed by atoms with Gasteiger partial charge in [0.1, 0.15) is 0 Å². The Morgan fingerprint density at radius 2 is 2.06 bits per heavy atom. The van der Waals surface area contributed by atoms with Crippen LogP contribution in [0.4, 0.5) is 0 Å². The maximum absolute atomic E-state index is 9.20. The quantitative estimate of drug-likeness (QED) is 0.841. The normalized spacial score (nSPS) is 12.6. The van der Waals surface area contributed by atoms with Gasteiger partial charge in [0.05, 0.1) is 6.10 Å². The molecule has 0 fully saturated rings. The van der Waals surface area contributed by atoms with Crippen molar-refractivity contribution in [2.24, 2.45) is 0 Å². The molecule has 1 aromatic heterocycles. The Hall–Kier alpha value is -1.33. The molecule has 1 aromatic carbocycles. The van der Waals surface area contributed by atoms with Gasteiger partial charge in [-0.05, 0) is 43.9 Å². The lowest BCUT2D eigenvalue weighted by atomic mass is 10.2. The number of benzene rings is 1. The van der Waals surface area contributed by atoms with Crippen LogP contribution in [0, 0.1) is 0 Å². The number of aliphatic hydroxyl groups excluding tert-OH is 1. The van der Waals surface area contributed by atoms with E-state index in [4.69, 9.17) is 4.52 Å². The summed E-state index contributed by atoms with van der Waals surface area (Å²) in [5.41, 5.74) is 0.944. The van der Waals surface area contributed by atoms with E-state index < -0.39 is 0 Å². The van der Waals surface area contributed by atoms with Gasteiger partial charge in [-0.25, -0.2) is 0 Å². The van der Waals surface area contributed by atoms with E-state index in [2.05, 4.69) is 10.1 Å². The van der Waals surface area contributed by atoms with Crippen LogP contribution in [0.15, 0.2) is 33.7 Å². The van der Waals surface area contributed by atoms with Crippen LogP contribution in [0.25, 0.3) is 11.4 Å². The molecule has 18 heavy (non-hydrogen) atoms. The second-order valence-electron chi connectivity index (χ2n) is 4.13.